The van der Waals surface area contributed by atoms with E-state index in [9.17, 15) is 8.42 Å². The molecule has 0 saturated carbocycles. The van der Waals surface area contributed by atoms with Crippen molar-refractivity contribution in [2.45, 2.75) is 18.7 Å². The lowest BCUT2D eigenvalue weighted by molar-refractivity contribution is 0.414. The van der Waals surface area contributed by atoms with E-state index in [2.05, 4.69) is 4.72 Å². The van der Waals surface area contributed by atoms with Crippen LogP contribution in [-0.2, 0) is 15.8 Å². The molecular formula is C16H17Cl2NO3S. The number of sulfonamides is 1. The minimum absolute atomic E-state index is 0.272. The van der Waals surface area contributed by atoms with Gasteiger partial charge in [-0.15, -0.1) is 0 Å². The number of ether oxygens (including phenoxy) is 1. The Bertz CT molecular complexity index is 756. The molecule has 1 atom stereocenters. The minimum Gasteiger partial charge on any atom is -0.497 e. The second kappa shape index (κ2) is 7.53. The van der Waals surface area contributed by atoms with Gasteiger partial charge < -0.3 is 4.74 Å². The summed E-state index contributed by atoms with van der Waals surface area (Å²) in [7, 11) is -2.01. The van der Waals surface area contributed by atoms with E-state index in [0.717, 1.165) is 5.56 Å². The Hall–Kier alpha value is -1.27. The Labute approximate surface area is 146 Å². The highest BCUT2D eigenvalue weighted by Gasteiger charge is 2.19. The maximum atomic E-state index is 12.4. The first-order valence-electron chi connectivity index (χ1n) is 6.89. The molecule has 0 radical (unpaired) electrons. The molecule has 0 aliphatic carbocycles. The van der Waals surface area contributed by atoms with Crippen molar-refractivity contribution in [2.75, 3.05) is 7.11 Å². The van der Waals surface area contributed by atoms with E-state index >= 15 is 0 Å². The van der Waals surface area contributed by atoms with Gasteiger partial charge in [0.05, 0.1) is 12.9 Å². The highest BCUT2D eigenvalue weighted by atomic mass is 35.5. The number of rotatable bonds is 6. The molecule has 2 aromatic carbocycles. The molecular weight excluding hydrogens is 357 g/mol. The van der Waals surface area contributed by atoms with Crippen LogP contribution >= 0.6 is 23.2 Å². The van der Waals surface area contributed by atoms with E-state index in [-0.39, 0.29) is 11.8 Å². The summed E-state index contributed by atoms with van der Waals surface area (Å²) >= 11 is 12.1. The summed E-state index contributed by atoms with van der Waals surface area (Å²) in [6.07, 6.45) is 0. The monoisotopic (exact) mass is 373 g/mol. The molecule has 0 aliphatic heterocycles. The predicted octanol–water partition coefficient (Wildman–Crippen LogP) is 4.18. The van der Waals surface area contributed by atoms with Crippen LogP contribution in [0.1, 0.15) is 24.1 Å². The molecule has 0 bridgehead atoms. The predicted molar refractivity (Wildman–Crippen MR) is 93.6 cm³/mol. The van der Waals surface area contributed by atoms with Crippen LogP contribution in [0.2, 0.25) is 10.0 Å². The fraction of sp³-hybridized carbons (Fsp3) is 0.250. The van der Waals surface area contributed by atoms with Gasteiger partial charge in [-0.3, -0.25) is 0 Å². The first-order chi connectivity index (χ1) is 10.8. The number of methoxy groups -OCH3 is 1. The summed E-state index contributed by atoms with van der Waals surface area (Å²) in [6.45, 7) is 1.77. The van der Waals surface area contributed by atoms with Crippen molar-refractivity contribution >= 4 is 33.2 Å². The molecule has 2 rings (SSSR count). The van der Waals surface area contributed by atoms with Crippen molar-refractivity contribution in [3.8, 4) is 5.75 Å². The van der Waals surface area contributed by atoms with E-state index in [1.165, 1.54) is 0 Å². The van der Waals surface area contributed by atoms with Gasteiger partial charge in [0.2, 0.25) is 10.0 Å². The van der Waals surface area contributed by atoms with Gasteiger partial charge in [0, 0.05) is 21.7 Å². The van der Waals surface area contributed by atoms with Crippen LogP contribution in [0.25, 0.3) is 0 Å². The van der Waals surface area contributed by atoms with E-state index < -0.39 is 10.0 Å². The van der Waals surface area contributed by atoms with Crippen LogP contribution in [0, 0.1) is 0 Å². The lowest BCUT2D eigenvalue weighted by Gasteiger charge is -2.16. The van der Waals surface area contributed by atoms with Gasteiger partial charge in [-0.2, -0.15) is 0 Å². The van der Waals surface area contributed by atoms with E-state index in [1.54, 1.807) is 44.4 Å². The molecule has 0 aromatic heterocycles. The van der Waals surface area contributed by atoms with E-state index in [0.29, 0.717) is 21.4 Å². The molecule has 0 spiro atoms. The molecule has 0 amide bonds. The fourth-order valence-electron chi connectivity index (χ4n) is 2.13. The summed E-state index contributed by atoms with van der Waals surface area (Å²) in [5, 5.41) is 0.667. The molecule has 0 aliphatic rings. The molecule has 0 heterocycles. The van der Waals surface area contributed by atoms with Gasteiger partial charge in [-0.1, -0.05) is 41.4 Å². The molecule has 0 unspecified atom stereocenters. The highest BCUT2D eigenvalue weighted by molar-refractivity contribution is 7.88. The molecule has 4 nitrogen and oxygen atoms in total. The molecule has 124 valence electrons. The quantitative estimate of drug-likeness (QED) is 0.825. The van der Waals surface area contributed by atoms with Gasteiger partial charge in [0.25, 0.3) is 0 Å². The Morgan fingerprint density at radius 2 is 1.65 bits per heavy atom. The molecule has 7 heteroatoms. The normalized spacial score (nSPS) is 12.9. The van der Waals surface area contributed by atoms with Crippen LogP contribution < -0.4 is 9.46 Å². The van der Waals surface area contributed by atoms with Crippen LogP contribution in [0.5, 0.6) is 5.75 Å². The Kier molecular flexibility index (Phi) is 5.92. The highest BCUT2D eigenvalue weighted by Crippen LogP contribution is 2.26. The lowest BCUT2D eigenvalue weighted by Crippen LogP contribution is -2.28. The third-order valence-corrected chi connectivity index (χ3v) is 5.46. The Morgan fingerprint density at radius 1 is 1.09 bits per heavy atom. The van der Waals surface area contributed by atoms with Crippen molar-refractivity contribution in [3.05, 3.63) is 63.6 Å². The zero-order valence-corrected chi connectivity index (χ0v) is 15.0. The molecule has 0 saturated heterocycles. The number of hydrogen-bond acceptors (Lipinski definition) is 3. The van der Waals surface area contributed by atoms with Crippen molar-refractivity contribution < 1.29 is 13.2 Å². The van der Waals surface area contributed by atoms with Crippen LogP contribution in [0.15, 0.2) is 42.5 Å². The SMILES string of the molecule is COc1ccc([C@@H](C)NS(=O)(=O)Cc2c(Cl)cccc2Cl)cc1. The molecule has 2 aromatic rings. The molecule has 1 N–H and O–H groups in total. The maximum absolute atomic E-state index is 12.4. The fourth-order valence-corrected chi connectivity index (χ4v) is 4.27. The molecule has 23 heavy (non-hydrogen) atoms. The summed E-state index contributed by atoms with van der Waals surface area (Å²) < 4.78 is 32.4. The number of nitrogens with one attached hydrogen (secondary N) is 1. The van der Waals surface area contributed by atoms with Crippen LogP contribution in [0.3, 0.4) is 0 Å². The summed E-state index contributed by atoms with van der Waals surface area (Å²) in [5.41, 5.74) is 1.23. The number of hydrogen-bond donors (Lipinski definition) is 1. The molecule has 0 fully saturated rings. The minimum atomic E-state index is -3.59. The third kappa shape index (κ3) is 4.85. The second-order valence-corrected chi connectivity index (χ2v) is 7.64. The first kappa shape index (κ1) is 18.1. The van der Waals surface area contributed by atoms with Crippen molar-refractivity contribution in [2.24, 2.45) is 0 Å². The van der Waals surface area contributed by atoms with Crippen molar-refractivity contribution in [1.29, 1.82) is 0 Å². The van der Waals surface area contributed by atoms with Gasteiger partial charge in [0.15, 0.2) is 0 Å². The first-order valence-corrected chi connectivity index (χ1v) is 9.30. The van der Waals surface area contributed by atoms with Crippen LogP contribution in [0.4, 0.5) is 0 Å². The van der Waals surface area contributed by atoms with Crippen molar-refractivity contribution in [3.63, 3.8) is 0 Å². The second-order valence-electron chi connectivity index (χ2n) is 5.07. The summed E-state index contributed by atoms with van der Waals surface area (Å²) in [5.74, 6) is 0.443. The summed E-state index contributed by atoms with van der Waals surface area (Å²) in [6, 6.07) is 11.7. The zero-order chi connectivity index (χ0) is 17.0. The smallest absolute Gasteiger partial charge is 0.216 e. The summed E-state index contributed by atoms with van der Waals surface area (Å²) in [4.78, 5) is 0. The maximum Gasteiger partial charge on any atom is 0.216 e. The largest absolute Gasteiger partial charge is 0.497 e. The average molecular weight is 374 g/mol. The van der Waals surface area contributed by atoms with Gasteiger partial charge >= 0.3 is 0 Å². The lowest BCUT2D eigenvalue weighted by atomic mass is 10.1. The van der Waals surface area contributed by atoms with Gasteiger partial charge in [-0.05, 0) is 36.8 Å². The standard InChI is InChI=1S/C16H17Cl2NO3S/c1-11(12-6-8-13(22-2)9-7-12)19-23(20,21)10-14-15(17)4-3-5-16(14)18/h3-9,11,19H,10H2,1-2H3/t11-/m1/s1. The third-order valence-electron chi connectivity index (χ3n) is 3.37. The van der Waals surface area contributed by atoms with Crippen LogP contribution in [-0.4, -0.2) is 15.5 Å². The number of halogens is 2. The van der Waals surface area contributed by atoms with E-state index in [4.69, 9.17) is 27.9 Å². The van der Waals surface area contributed by atoms with Crippen molar-refractivity contribution in [1.82, 2.24) is 4.72 Å². The van der Waals surface area contributed by atoms with Gasteiger partial charge in [0.1, 0.15) is 5.75 Å². The Balaban J connectivity index is 2.13. The number of benzene rings is 2. The van der Waals surface area contributed by atoms with Gasteiger partial charge in [-0.25, -0.2) is 13.1 Å². The zero-order valence-electron chi connectivity index (χ0n) is 12.7. The average Bonchev–Trinajstić information content (AvgIpc) is 2.51. The Morgan fingerprint density at radius 3 is 2.17 bits per heavy atom. The topological polar surface area (TPSA) is 55.4 Å². The van der Waals surface area contributed by atoms with E-state index in [1.807, 2.05) is 12.1 Å².